The summed E-state index contributed by atoms with van der Waals surface area (Å²) in [4.78, 5) is 27.9. The van der Waals surface area contributed by atoms with Crippen LogP contribution in [0, 0.1) is 10.1 Å². The monoisotopic (exact) mass is 453 g/mol. The molecule has 0 aliphatic carbocycles. The van der Waals surface area contributed by atoms with Crippen LogP contribution in [0.3, 0.4) is 0 Å². The molecule has 28 heavy (non-hydrogen) atoms. The van der Waals surface area contributed by atoms with Crippen molar-refractivity contribution < 1.29 is 9.72 Å². The second-order valence-corrected chi connectivity index (χ2v) is 7.79. The van der Waals surface area contributed by atoms with Gasteiger partial charge in [-0.3, -0.25) is 14.9 Å². The van der Waals surface area contributed by atoms with E-state index in [1.54, 1.807) is 6.07 Å². The van der Waals surface area contributed by atoms with Crippen LogP contribution in [0.1, 0.15) is 10.4 Å². The number of nitrogens with one attached hydrogen (secondary N) is 1. The molecule has 1 aromatic heterocycles. The third kappa shape index (κ3) is 3.51. The highest BCUT2D eigenvalue weighted by molar-refractivity contribution is 9.10. The normalized spacial score (nSPS) is 10.8. The number of amides is 1. The van der Waals surface area contributed by atoms with Crippen LogP contribution in [0.2, 0.25) is 0 Å². The van der Waals surface area contributed by atoms with Crippen molar-refractivity contribution in [1.82, 2.24) is 4.98 Å². The molecule has 6 nitrogen and oxygen atoms in total. The number of nitro groups is 1. The van der Waals surface area contributed by atoms with E-state index in [4.69, 9.17) is 0 Å². The summed E-state index contributed by atoms with van der Waals surface area (Å²) in [5.74, 6) is -0.427. The van der Waals surface area contributed by atoms with Gasteiger partial charge in [0.05, 0.1) is 25.3 Å². The summed E-state index contributed by atoms with van der Waals surface area (Å²) in [6, 6.07) is 19.5. The van der Waals surface area contributed by atoms with Crippen LogP contribution in [0.5, 0.6) is 0 Å². The van der Waals surface area contributed by atoms with Gasteiger partial charge in [0.1, 0.15) is 5.01 Å². The quantitative estimate of drug-likeness (QED) is 0.308. The molecule has 0 radical (unpaired) electrons. The summed E-state index contributed by atoms with van der Waals surface area (Å²) in [5, 5.41) is 14.8. The Morgan fingerprint density at radius 1 is 1.07 bits per heavy atom. The van der Waals surface area contributed by atoms with Crippen molar-refractivity contribution in [3.05, 3.63) is 86.9 Å². The lowest BCUT2D eigenvalue weighted by Gasteiger charge is -2.09. The van der Waals surface area contributed by atoms with Gasteiger partial charge in [0.15, 0.2) is 0 Å². The van der Waals surface area contributed by atoms with Crippen molar-refractivity contribution in [2.75, 3.05) is 5.32 Å². The summed E-state index contributed by atoms with van der Waals surface area (Å²) >= 11 is 4.66. The highest BCUT2D eigenvalue weighted by Crippen LogP contribution is 2.34. The standard InChI is InChI=1S/C20H12BrN3O3S/c21-14-10-9-12(11-17(14)24(26)27)19(25)22-15-6-2-1-5-13(15)20-23-16-7-3-4-8-18(16)28-20/h1-11H,(H,22,25). The van der Waals surface area contributed by atoms with Crippen molar-refractivity contribution in [3.63, 3.8) is 0 Å². The molecule has 0 spiro atoms. The van der Waals surface area contributed by atoms with E-state index in [0.717, 1.165) is 20.8 Å². The molecule has 4 aromatic rings. The number of thiazole rings is 1. The molecule has 1 amide bonds. The first kappa shape index (κ1) is 18.3. The molecule has 1 N–H and O–H groups in total. The van der Waals surface area contributed by atoms with E-state index in [1.807, 2.05) is 42.5 Å². The summed E-state index contributed by atoms with van der Waals surface area (Å²) < 4.78 is 1.38. The van der Waals surface area contributed by atoms with Crippen molar-refractivity contribution in [1.29, 1.82) is 0 Å². The lowest BCUT2D eigenvalue weighted by molar-refractivity contribution is -0.385. The summed E-state index contributed by atoms with van der Waals surface area (Å²) in [5.41, 5.74) is 2.33. The van der Waals surface area contributed by atoms with Gasteiger partial charge in [-0.1, -0.05) is 24.3 Å². The van der Waals surface area contributed by atoms with Gasteiger partial charge in [-0.25, -0.2) is 4.98 Å². The largest absolute Gasteiger partial charge is 0.321 e. The maximum Gasteiger partial charge on any atom is 0.284 e. The van der Waals surface area contributed by atoms with E-state index >= 15 is 0 Å². The topological polar surface area (TPSA) is 85.1 Å². The van der Waals surface area contributed by atoms with Crippen LogP contribution in [0.15, 0.2) is 71.2 Å². The van der Waals surface area contributed by atoms with Crippen LogP contribution in [0.25, 0.3) is 20.8 Å². The minimum Gasteiger partial charge on any atom is -0.321 e. The zero-order valence-electron chi connectivity index (χ0n) is 14.3. The molecule has 0 unspecified atom stereocenters. The predicted octanol–water partition coefficient (Wildman–Crippen LogP) is 5.89. The molecule has 138 valence electrons. The van der Waals surface area contributed by atoms with Gasteiger partial charge in [-0.15, -0.1) is 11.3 Å². The molecule has 0 saturated carbocycles. The summed E-state index contributed by atoms with van der Waals surface area (Å²) in [7, 11) is 0. The minimum atomic E-state index is -0.532. The Morgan fingerprint density at radius 2 is 1.82 bits per heavy atom. The number of benzene rings is 3. The molecule has 8 heteroatoms. The first-order valence-electron chi connectivity index (χ1n) is 8.23. The third-order valence-corrected chi connectivity index (χ3v) is 5.84. The van der Waals surface area contributed by atoms with Crippen molar-refractivity contribution in [2.45, 2.75) is 0 Å². The van der Waals surface area contributed by atoms with E-state index in [0.29, 0.717) is 10.2 Å². The second kappa shape index (κ2) is 7.49. The van der Waals surface area contributed by atoms with Crippen LogP contribution < -0.4 is 5.32 Å². The molecular weight excluding hydrogens is 442 g/mol. The molecule has 0 aliphatic heterocycles. The van der Waals surface area contributed by atoms with Crippen LogP contribution >= 0.6 is 27.3 Å². The molecule has 0 fully saturated rings. The molecule has 1 heterocycles. The number of fused-ring (bicyclic) bond motifs is 1. The molecule has 3 aromatic carbocycles. The van der Waals surface area contributed by atoms with Crippen molar-refractivity contribution in [2.24, 2.45) is 0 Å². The Hall–Kier alpha value is -3.10. The first-order valence-corrected chi connectivity index (χ1v) is 9.84. The smallest absolute Gasteiger partial charge is 0.284 e. The zero-order chi connectivity index (χ0) is 19.7. The minimum absolute atomic E-state index is 0.160. The van der Waals surface area contributed by atoms with Crippen LogP contribution in [-0.4, -0.2) is 15.8 Å². The second-order valence-electron chi connectivity index (χ2n) is 5.91. The van der Waals surface area contributed by atoms with E-state index in [9.17, 15) is 14.9 Å². The van der Waals surface area contributed by atoms with Crippen LogP contribution in [-0.2, 0) is 0 Å². The van der Waals surface area contributed by atoms with Gasteiger partial charge in [-0.2, -0.15) is 0 Å². The fraction of sp³-hybridized carbons (Fsp3) is 0. The number of halogens is 1. The average molecular weight is 454 g/mol. The number of nitro benzene ring substituents is 1. The van der Waals surface area contributed by atoms with Gasteiger partial charge in [-0.05, 0) is 52.3 Å². The number of carbonyl (C=O) groups excluding carboxylic acids is 1. The van der Waals surface area contributed by atoms with Crippen molar-refractivity contribution >= 4 is 54.8 Å². The Kier molecular flexibility index (Phi) is 4.89. The summed E-state index contributed by atoms with van der Waals surface area (Å²) in [6.45, 7) is 0. The number of nitrogens with zero attached hydrogens (tertiary/aromatic N) is 2. The summed E-state index contributed by atoms with van der Waals surface area (Å²) in [6.07, 6.45) is 0. The predicted molar refractivity (Wildman–Crippen MR) is 114 cm³/mol. The van der Waals surface area contributed by atoms with Gasteiger partial charge in [0.2, 0.25) is 0 Å². The fourth-order valence-electron chi connectivity index (χ4n) is 2.75. The molecule has 0 atom stereocenters. The molecular formula is C20H12BrN3O3S. The van der Waals surface area contributed by atoms with E-state index in [1.165, 1.54) is 29.5 Å². The molecule has 0 aliphatic rings. The lowest BCUT2D eigenvalue weighted by Crippen LogP contribution is -2.13. The SMILES string of the molecule is O=C(Nc1ccccc1-c1nc2ccccc2s1)c1ccc(Br)c([N+](=O)[O-])c1. The first-order chi connectivity index (χ1) is 13.5. The Morgan fingerprint density at radius 3 is 2.61 bits per heavy atom. The van der Waals surface area contributed by atoms with E-state index in [2.05, 4.69) is 26.2 Å². The fourth-order valence-corrected chi connectivity index (χ4v) is 4.15. The highest BCUT2D eigenvalue weighted by Gasteiger charge is 2.18. The molecule has 0 bridgehead atoms. The van der Waals surface area contributed by atoms with Gasteiger partial charge in [0, 0.05) is 17.2 Å². The van der Waals surface area contributed by atoms with Crippen LogP contribution in [0.4, 0.5) is 11.4 Å². The Bertz CT molecular complexity index is 1190. The number of carbonyl (C=O) groups is 1. The Balaban J connectivity index is 1.68. The molecule has 0 saturated heterocycles. The maximum absolute atomic E-state index is 12.7. The number of rotatable bonds is 4. The number of hydrogen-bond acceptors (Lipinski definition) is 5. The van der Waals surface area contributed by atoms with Gasteiger partial charge >= 0.3 is 0 Å². The van der Waals surface area contributed by atoms with Gasteiger partial charge < -0.3 is 5.32 Å². The van der Waals surface area contributed by atoms with Gasteiger partial charge in [0.25, 0.3) is 11.6 Å². The third-order valence-electron chi connectivity index (χ3n) is 4.10. The van der Waals surface area contributed by atoms with Crippen molar-refractivity contribution in [3.8, 4) is 10.6 Å². The average Bonchev–Trinajstić information content (AvgIpc) is 3.12. The number of hydrogen-bond donors (Lipinski definition) is 1. The molecule has 4 rings (SSSR count). The van der Waals surface area contributed by atoms with E-state index < -0.39 is 10.8 Å². The number of anilines is 1. The zero-order valence-corrected chi connectivity index (χ0v) is 16.7. The number of aromatic nitrogens is 1. The van der Waals surface area contributed by atoms with E-state index in [-0.39, 0.29) is 11.3 Å². The maximum atomic E-state index is 12.7. The lowest BCUT2D eigenvalue weighted by atomic mass is 10.1. The Labute approximate surface area is 172 Å². The highest BCUT2D eigenvalue weighted by atomic mass is 79.9. The number of para-hydroxylation sites is 2.